The van der Waals surface area contributed by atoms with Crippen LogP contribution in [0.3, 0.4) is 0 Å². The summed E-state index contributed by atoms with van der Waals surface area (Å²) in [5.41, 5.74) is 2.07. The van der Waals surface area contributed by atoms with E-state index >= 15 is 0 Å². The predicted octanol–water partition coefficient (Wildman–Crippen LogP) is 4.62. The molecular formula is C16H12ClFO2. The first-order valence-electron chi connectivity index (χ1n) is 6.18. The van der Waals surface area contributed by atoms with Crippen LogP contribution < -0.4 is 0 Å². The first kappa shape index (κ1) is 13.2. The van der Waals surface area contributed by atoms with Crippen LogP contribution in [0.15, 0.2) is 46.9 Å². The summed E-state index contributed by atoms with van der Waals surface area (Å²) >= 11 is 6.00. The van der Waals surface area contributed by atoms with Gasteiger partial charge in [-0.3, -0.25) is 0 Å². The maximum atomic E-state index is 13.3. The van der Waals surface area contributed by atoms with E-state index in [4.69, 9.17) is 16.0 Å². The molecule has 1 aromatic heterocycles. The van der Waals surface area contributed by atoms with Crippen molar-refractivity contribution in [2.75, 3.05) is 0 Å². The Hall–Kier alpha value is -1.84. The number of aryl methyl sites for hydroxylation is 1. The number of hydrogen-bond acceptors (Lipinski definition) is 2. The lowest BCUT2D eigenvalue weighted by Crippen LogP contribution is -1.99. The first-order chi connectivity index (χ1) is 9.54. The number of benzene rings is 2. The second-order valence-electron chi connectivity index (χ2n) is 4.76. The van der Waals surface area contributed by atoms with Gasteiger partial charge in [0, 0.05) is 16.0 Å². The number of rotatable bonds is 2. The lowest BCUT2D eigenvalue weighted by Gasteiger charge is -2.09. The van der Waals surface area contributed by atoms with Crippen molar-refractivity contribution in [3.05, 3.63) is 70.2 Å². The number of aliphatic hydroxyl groups is 1. The van der Waals surface area contributed by atoms with Crippen LogP contribution in [0.4, 0.5) is 4.39 Å². The van der Waals surface area contributed by atoms with Crippen molar-refractivity contribution < 1.29 is 13.9 Å². The smallest absolute Gasteiger partial charge is 0.138 e. The summed E-state index contributed by atoms with van der Waals surface area (Å²) in [5.74, 6) is -0.103. The van der Waals surface area contributed by atoms with E-state index in [2.05, 4.69) is 0 Å². The van der Waals surface area contributed by atoms with E-state index in [0.717, 1.165) is 10.9 Å². The molecule has 2 nitrogen and oxygen atoms in total. The highest BCUT2D eigenvalue weighted by Crippen LogP contribution is 2.32. The van der Waals surface area contributed by atoms with E-state index in [0.29, 0.717) is 21.9 Å². The van der Waals surface area contributed by atoms with E-state index in [-0.39, 0.29) is 0 Å². The molecule has 0 spiro atoms. The van der Waals surface area contributed by atoms with Gasteiger partial charge in [-0.1, -0.05) is 23.2 Å². The quantitative estimate of drug-likeness (QED) is 0.747. The van der Waals surface area contributed by atoms with Gasteiger partial charge >= 0.3 is 0 Å². The molecule has 0 saturated carbocycles. The average Bonchev–Trinajstić information content (AvgIpc) is 2.83. The monoisotopic (exact) mass is 290 g/mol. The van der Waals surface area contributed by atoms with Crippen molar-refractivity contribution in [3.63, 3.8) is 0 Å². The molecule has 0 saturated heterocycles. The topological polar surface area (TPSA) is 33.4 Å². The van der Waals surface area contributed by atoms with Gasteiger partial charge in [0.15, 0.2) is 0 Å². The van der Waals surface area contributed by atoms with Gasteiger partial charge in [0.05, 0.1) is 0 Å². The number of fused-ring (bicyclic) bond motifs is 1. The molecule has 1 unspecified atom stereocenters. The normalized spacial score (nSPS) is 12.8. The maximum Gasteiger partial charge on any atom is 0.138 e. The van der Waals surface area contributed by atoms with Crippen molar-refractivity contribution in [1.29, 1.82) is 0 Å². The van der Waals surface area contributed by atoms with E-state index in [1.807, 2.05) is 25.1 Å². The average molecular weight is 291 g/mol. The fraction of sp³-hybridized carbons (Fsp3) is 0.125. The van der Waals surface area contributed by atoms with Gasteiger partial charge in [0.25, 0.3) is 0 Å². The van der Waals surface area contributed by atoms with Crippen LogP contribution in [-0.2, 0) is 0 Å². The molecule has 1 heterocycles. The van der Waals surface area contributed by atoms with Crippen LogP contribution in [0.1, 0.15) is 23.0 Å². The van der Waals surface area contributed by atoms with Gasteiger partial charge in [-0.2, -0.15) is 0 Å². The highest BCUT2D eigenvalue weighted by Gasteiger charge is 2.19. The predicted molar refractivity (Wildman–Crippen MR) is 76.4 cm³/mol. The zero-order valence-corrected chi connectivity index (χ0v) is 11.5. The third-order valence-corrected chi connectivity index (χ3v) is 3.56. The zero-order chi connectivity index (χ0) is 14.3. The summed E-state index contributed by atoms with van der Waals surface area (Å²) in [6.07, 6.45) is -1.09. The van der Waals surface area contributed by atoms with Crippen molar-refractivity contribution in [1.82, 2.24) is 0 Å². The lowest BCUT2D eigenvalue weighted by atomic mass is 10.1. The molecule has 0 aliphatic heterocycles. The lowest BCUT2D eigenvalue weighted by molar-refractivity contribution is 0.192. The van der Waals surface area contributed by atoms with Gasteiger partial charge in [0.2, 0.25) is 0 Å². The van der Waals surface area contributed by atoms with Gasteiger partial charge in [-0.25, -0.2) is 4.39 Å². The molecule has 3 rings (SSSR count). The molecule has 0 aliphatic carbocycles. The number of halogens is 2. The summed E-state index contributed by atoms with van der Waals surface area (Å²) in [6, 6.07) is 11.4. The summed E-state index contributed by atoms with van der Waals surface area (Å²) < 4.78 is 18.9. The van der Waals surface area contributed by atoms with Crippen LogP contribution in [0.2, 0.25) is 5.02 Å². The van der Waals surface area contributed by atoms with E-state index in [9.17, 15) is 9.50 Å². The summed E-state index contributed by atoms with van der Waals surface area (Å²) in [4.78, 5) is 0. The van der Waals surface area contributed by atoms with Crippen LogP contribution in [0.5, 0.6) is 0 Å². The van der Waals surface area contributed by atoms with E-state index < -0.39 is 11.9 Å². The molecule has 1 N–H and O–H groups in total. The fourth-order valence-electron chi connectivity index (χ4n) is 2.20. The molecule has 0 radical (unpaired) electrons. The maximum absolute atomic E-state index is 13.3. The number of hydrogen-bond donors (Lipinski definition) is 1. The molecule has 2 aromatic carbocycles. The summed E-state index contributed by atoms with van der Waals surface area (Å²) in [5, 5.41) is 11.5. The first-order valence-corrected chi connectivity index (χ1v) is 6.55. The molecule has 0 amide bonds. The van der Waals surface area contributed by atoms with E-state index in [1.165, 1.54) is 18.2 Å². The van der Waals surface area contributed by atoms with Gasteiger partial charge < -0.3 is 9.52 Å². The Bertz CT molecular complexity index is 779. The molecule has 20 heavy (non-hydrogen) atoms. The van der Waals surface area contributed by atoms with Crippen LogP contribution in [0.25, 0.3) is 11.0 Å². The number of furan rings is 1. The molecule has 3 aromatic rings. The third kappa shape index (κ3) is 2.30. The summed E-state index contributed by atoms with van der Waals surface area (Å²) in [7, 11) is 0. The second kappa shape index (κ2) is 4.93. The van der Waals surface area contributed by atoms with Crippen molar-refractivity contribution >= 4 is 22.6 Å². The Kier molecular flexibility index (Phi) is 3.24. The molecule has 0 aliphatic rings. The second-order valence-corrected chi connectivity index (χ2v) is 5.17. The molecule has 102 valence electrons. The molecular weight excluding hydrogens is 279 g/mol. The minimum absolute atomic E-state index is 0.294. The fourth-order valence-corrected chi connectivity index (χ4v) is 2.42. The Morgan fingerprint density at radius 1 is 1.15 bits per heavy atom. The third-order valence-electron chi connectivity index (χ3n) is 3.21. The molecule has 4 heteroatoms. The zero-order valence-electron chi connectivity index (χ0n) is 10.7. The minimum Gasteiger partial charge on any atom is -0.458 e. The van der Waals surface area contributed by atoms with Crippen LogP contribution >= 0.6 is 11.6 Å². The van der Waals surface area contributed by atoms with Crippen LogP contribution in [0, 0.1) is 12.7 Å². The highest BCUT2D eigenvalue weighted by molar-refractivity contribution is 6.31. The standard InChI is InChI=1S/C16H12ClFO2/c1-9-2-5-14-10(6-9)7-15(20-14)16(19)12-8-11(18)3-4-13(12)17/h2-8,16,19H,1H3. The van der Waals surface area contributed by atoms with Crippen molar-refractivity contribution in [3.8, 4) is 0 Å². The Morgan fingerprint density at radius 3 is 2.75 bits per heavy atom. The SMILES string of the molecule is Cc1ccc2oc(C(O)c3cc(F)ccc3Cl)cc2c1. The van der Waals surface area contributed by atoms with Crippen molar-refractivity contribution in [2.24, 2.45) is 0 Å². The molecule has 1 atom stereocenters. The van der Waals surface area contributed by atoms with Crippen molar-refractivity contribution in [2.45, 2.75) is 13.0 Å². The van der Waals surface area contributed by atoms with Crippen LogP contribution in [-0.4, -0.2) is 5.11 Å². The largest absolute Gasteiger partial charge is 0.458 e. The van der Waals surface area contributed by atoms with Gasteiger partial charge in [-0.05, 0) is 43.3 Å². The molecule has 0 bridgehead atoms. The Morgan fingerprint density at radius 2 is 1.95 bits per heavy atom. The Balaban J connectivity index is 2.07. The van der Waals surface area contributed by atoms with E-state index in [1.54, 1.807) is 6.07 Å². The number of aliphatic hydroxyl groups excluding tert-OH is 1. The minimum atomic E-state index is -1.09. The van der Waals surface area contributed by atoms with Gasteiger partial charge in [-0.15, -0.1) is 0 Å². The Labute approximate surface area is 120 Å². The summed E-state index contributed by atoms with van der Waals surface area (Å²) in [6.45, 7) is 1.98. The highest BCUT2D eigenvalue weighted by atomic mass is 35.5. The molecule has 0 fully saturated rings. The van der Waals surface area contributed by atoms with Gasteiger partial charge in [0.1, 0.15) is 23.3 Å².